The van der Waals surface area contributed by atoms with Crippen molar-refractivity contribution in [1.29, 1.82) is 0 Å². The summed E-state index contributed by atoms with van der Waals surface area (Å²) in [6.07, 6.45) is 1.74. The van der Waals surface area contributed by atoms with Crippen molar-refractivity contribution in [3.63, 3.8) is 0 Å². The molecule has 1 saturated heterocycles. The summed E-state index contributed by atoms with van der Waals surface area (Å²) in [5.74, 6) is 0.491. The van der Waals surface area contributed by atoms with E-state index >= 15 is 0 Å². The van der Waals surface area contributed by atoms with Crippen molar-refractivity contribution in [2.24, 2.45) is 0 Å². The Balaban J connectivity index is 1.55. The van der Waals surface area contributed by atoms with E-state index < -0.39 is 0 Å². The molecule has 0 spiro atoms. The van der Waals surface area contributed by atoms with Crippen LogP contribution in [0.1, 0.15) is 11.1 Å². The molecule has 0 radical (unpaired) electrons. The summed E-state index contributed by atoms with van der Waals surface area (Å²) in [5.41, 5.74) is 1.79. The fourth-order valence-corrected chi connectivity index (χ4v) is 3.85. The number of benzene rings is 3. The molecule has 3 aromatic carbocycles. The molecule has 0 bridgehead atoms. The molecule has 134 valence electrons. The molecule has 5 heteroatoms. The average Bonchev–Trinajstić information content (AvgIpc) is 2.96. The maximum atomic E-state index is 12.7. The number of hydrogen-bond acceptors (Lipinski definition) is 4. The SMILES string of the molecule is COc1ccc(/C=C2\SC(=O)N(Cc3ccc4ccccc4c3)C2=O)cc1. The van der Waals surface area contributed by atoms with Crippen LogP contribution in [0, 0.1) is 0 Å². The molecular formula is C22H17NO3S. The molecule has 4 nitrogen and oxygen atoms in total. The molecule has 0 N–H and O–H groups in total. The molecule has 2 amide bonds. The maximum Gasteiger partial charge on any atom is 0.293 e. The number of ether oxygens (including phenoxy) is 1. The summed E-state index contributed by atoms with van der Waals surface area (Å²) in [4.78, 5) is 26.8. The molecule has 1 aliphatic heterocycles. The highest BCUT2D eigenvalue weighted by molar-refractivity contribution is 8.18. The summed E-state index contributed by atoms with van der Waals surface area (Å²) in [5, 5.41) is 1.98. The maximum absolute atomic E-state index is 12.7. The predicted octanol–water partition coefficient (Wildman–Crippen LogP) is 5.08. The van der Waals surface area contributed by atoms with Gasteiger partial charge in [-0.3, -0.25) is 14.5 Å². The quantitative estimate of drug-likeness (QED) is 0.596. The van der Waals surface area contributed by atoms with Gasteiger partial charge in [-0.15, -0.1) is 0 Å². The van der Waals surface area contributed by atoms with Crippen LogP contribution in [-0.4, -0.2) is 23.2 Å². The fraction of sp³-hybridized carbons (Fsp3) is 0.0909. The zero-order valence-corrected chi connectivity index (χ0v) is 15.5. The van der Waals surface area contributed by atoms with E-state index in [1.54, 1.807) is 13.2 Å². The molecule has 0 aliphatic carbocycles. The van der Waals surface area contributed by atoms with Crippen LogP contribution in [0.3, 0.4) is 0 Å². The zero-order chi connectivity index (χ0) is 18.8. The molecule has 0 atom stereocenters. The molecule has 4 rings (SSSR count). The van der Waals surface area contributed by atoms with Gasteiger partial charge in [-0.2, -0.15) is 0 Å². The van der Waals surface area contributed by atoms with Crippen LogP contribution in [0.25, 0.3) is 16.8 Å². The number of methoxy groups -OCH3 is 1. The third-order valence-electron chi connectivity index (χ3n) is 4.44. The topological polar surface area (TPSA) is 46.6 Å². The Bertz CT molecular complexity index is 1060. The third kappa shape index (κ3) is 3.59. The van der Waals surface area contributed by atoms with Gasteiger partial charge in [-0.1, -0.05) is 48.5 Å². The number of carbonyl (C=O) groups excluding carboxylic acids is 2. The molecule has 0 unspecified atom stereocenters. The van der Waals surface area contributed by atoms with Crippen LogP contribution in [0.15, 0.2) is 71.6 Å². The Morgan fingerprint density at radius 3 is 2.44 bits per heavy atom. The van der Waals surface area contributed by atoms with E-state index in [4.69, 9.17) is 4.74 Å². The van der Waals surface area contributed by atoms with E-state index in [9.17, 15) is 9.59 Å². The summed E-state index contributed by atoms with van der Waals surface area (Å²) < 4.78 is 5.14. The first kappa shape index (κ1) is 17.4. The molecule has 1 heterocycles. The van der Waals surface area contributed by atoms with Crippen LogP contribution >= 0.6 is 11.8 Å². The van der Waals surface area contributed by atoms with E-state index in [1.807, 2.05) is 66.7 Å². The zero-order valence-electron chi connectivity index (χ0n) is 14.7. The Morgan fingerprint density at radius 1 is 0.963 bits per heavy atom. The number of imide groups is 1. The van der Waals surface area contributed by atoms with E-state index in [1.165, 1.54) is 4.90 Å². The van der Waals surface area contributed by atoms with Crippen LogP contribution in [0.4, 0.5) is 4.79 Å². The Labute approximate surface area is 161 Å². The molecule has 27 heavy (non-hydrogen) atoms. The van der Waals surface area contributed by atoms with Crippen molar-refractivity contribution in [3.8, 4) is 5.75 Å². The number of hydrogen-bond donors (Lipinski definition) is 0. The van der Waals surface area contributed by atoms with E-state index in [2.05, 4.69) is 0 Å². The minimum atomic E-state index is -0.256. The molecule has 3 aromatic rings. The lowest BCUT2D eigenvalue weighted by atomic mass is 10.1. The average molecular weight is 375 g/mol. The lowest BCUT2D eigenvalue weighted by Gasteiger charge is -2.13. The van der Waals surface area contributed by atoms with E-state index in [-0.39, 0.29) is 17.7 Å². The second-order valence-electron chi connectivity index (χ2n) is 6.22. The van der Waals surface area contributed by atoms with Gasteiger partial charge in [-0.05, 0) is 57.9 Å². The number of nitrogens with zero attached hydrogens (tertiary/aromatic N) is 1. The lowest BCUT2D eigenvalue weighted by Crippen LogP contribution is -2.27. The second kappa shape index (κ2) is 7.29. The van der Waals surface area contributed by atoms with Gasteiger partial charge >= 0.3 is 0 Å². The summed E-state index contributed by atoms with van der Waals surface area (Å²) in [7, 11) is 1.60. The van der Waals surface area contributed by atoms with Crippen LogP contribution in [0.5, 0.6) is 5.75 Å². The van der Waals surface area contributed by atoms with Crippen molar-refractivity contribution in [1.82, 2.24) is 4.90 Å². The molecule has 0 aromatic heterocycles. The van der Waals surface area contributed by atoms with Crippen LogP contribution in [0.2, 0.25) is 0 Å². The first-order valence-corrected chi connectivity index (χ1v) is 9.33. The Morgan fingerprint density at radius 2 is 1.70 bits per heavy atom. The minimum absolute atomic E-state index is 0.243. The van der Waals surface area contributed by atoms with Gasteiger partial charge in [0.2, 0.25) is 0 Å². The highest BCUT2D eigenvalue weighted by Crippen LogP contribution is 2.33. The van der Waals surface area contributed by atoms with Gasteiger partial charge in [0.25, 0.3) is 11.1 Å². The molecular weight excluding hydrogens is 358 g/mol. The van der Waals surface area contributed by atoms with Gasteiger partial charge in [0.15, 0.2) is 0 Å². The number of thioether (sulfide) groups is 1. The molecule has 1 aliphatic rings. The highest BCUT2D eigenvalue weighted by atomic mass is 32.2. The van der Waals surface area contributed by atoms with Gasteiger partial charge in [0.1, 0.15) is 5.75 Å². The van der Waals surface area contributed by atoms with Crippen LogP contribution < -0.4 is 4.74 Å². The number of carbonyl (C=O) groups is 2. The molecule has 0 saturated carbocycles. The number of rotatable bonds is 4. The first-order valence-electron chi connectivity index (χ1n) is 8.51. The smallest absolute Gasteiger partial charge is 0.293 e. The lowest BCUT2D eigenvalue weighted by molar-refractivity contribution is -0.123. The fourth-order valence-electron chi connectivity index (χ4n) is 3.01. The normalized spacial score (nSPS) is 15.7. The standard InChI is InChI=1S/C22H17NO3S/c1-26-19-10-7-15(8-11-19)13-20-21(24)23(22(25)27-20)14-16-6-9-17-4-2-3-5-18(17)12-16/h2-13H,14H2,1H3/b20-13-. The van der Waals surface area contributed by atoms with Gasteiger partial charge in [-0.25, -0.2) is 0 Å². The van der Waals surface area contributed by atoms with Crippen molar-refractivity contribution < 1.29 is 14.3 Å². The van der Waals surface area contributed by atoms with Crippen molar-refractivity contribution >= 4 is 39.8 Å². The Hall–Kier alpha value is -3.05. The number of amides is 2. The van der Waals surface area contributed by atoms with Crippen molar-refractivity contribution in [2.45, 2.75) is 6.54 Å². The minimum Gasteiger partial charge on any atom is -0.497 e. The largest absolute Gasteiger partial charge is 0.497 e. The van der Waals surface area contributed by atoms with Crippen molar-refractivity contribution in [2.75, 3.05) is 7.11 Å². The van der Waals surface area contributed by atoms with Crippen molar-refractivity contribution in [3.05, 3.63) is 82.8 Å². The van der Waals surface area contributed by atoms with E-state index in [0.29, 0.717) is 4.91 Å². The summed E-state index contributed by atoms with van der Waals surface area (Å²) in [6.45, 7) is 0.273. The Kier molecular flexibility index (Phi) is 4.69. The third-order valence-corrected chi connectivity index (χ3v) is 5.35. The second-order valence-corrected chi connectivity index (χ2v) is 7.22. The molecule has 1 fully saturated rings. The highest BCUT2D eigenvalue weighted by Gasteiger charge is 2.34. The van der Waals surface area contributed by atoms with Gasteiger partial charge in [0.05, 0.1) is 18.6 Å². The summed E-state index contributed by atoms with van der Waals surface area (Å²) in [6, 6.07) is 21.4. The summed E-state index contributed by atoms with van der Waals surface area (Å²) >= 11 is 0.977. The first-order chi connectivity index (χ1) is 13.1. The monoisotopic (exact) mass is 375 g/mol. The van der Waals surface area contributed by atoms with Crippen LogP contribution in [-0.2, 0) is 11.3 Å². The predicted molar refractivity (Wildman–Crippen MR) is 108 cm³/mol. The van der Waals surface area contributed by atoms with Gasteiger partial charge < -0.3 is 4.74 Å². The number of fused-ring (bicyclic) bond motifs is 1. The van der Waals surface area contributed by atoms with E-state index in [0.717, 1.165) is 39.4 Å². The van der Waals surface area contributed by atoms with Gasteiger partial charge in [0, 0.05) is 0 Å².